The number of hydrogen-bond acceptors (Lipinski definition) is 4. The van der Waals surface area contributed by atoms with Gasteiger partial charge in [-0.2, -0.15) is 0 Å². The highest BCUT2D eigenvalue weighted by atomic mass is 19.1. The summed E-state index contributed by atoms with van der Waals surface area (Å²) >= 11 is 0. The maximum atomic E-state index is 13.5. The number of benzene rings is 2. The Morgan fingerprint density at radius 2 is 1.61 bits per heavy atom. The molecule has 0 unspecified atom stereocenters. The molecule has 0 aliphatic carbocycles. The topological polar surface area (TPSA) is 104 Å². The summed E-state index contributed by atoms with van der Waals surface area (Å²) in [6, 6.07) is 12.9. The molecular weight excluding hydrogens is 408 g/mol. The van der Waals surface area contributed by atoms with Crippen LogP contribution >= 0.6 is 0 Å². The first kappa shape index (κ1) is 20.0. The molecule has 3 N–H and O–H groups in total. The molecule has 31 heavy (non-hydrogen) atoms. The Morgan fingerprint density at radius 1 is 1.00 bits per heavy atom. The van der Waals surface area contributed by atoms with Gasteiger partial charge in [0.15, 0.2) is 11.4 Å². The SMILES string of the molecule is O=C(O)CNC(=O)c1ncc2c(cc(-c3ccc(F)cc3)n2-c2ccc(F)cc2)c1O. The van der Waals surface area contributed by atoms with E-state index in [-0.39, 0.29) is 11.1 Å². The summed E-state index contributed by atoms with van der Waals surface area (Å²) in [5, 5.41) is 21.8. The van der Waals surface area contributed by atoms with Crippen LogP contribution in [0.5, 0.6) is 5.75 Å². The number of hydrogen-bond donors (Lipinski definition) is 3. The van der Waals surface area contributed by atoms with Crippen LogP contribution in [0, 0.1) is 11.6 Å². The molecule has 0 atom stereocenters. The molecule has 0 radical (unpaired) electrons. The van der Waals surface area contributed by atoms with Gasteiger partial charge in [-0.1, -0.05) is 0 Å². The van der Waals surface area contributed by atoms with Gasteiger partial charge in [0.1, 0.15) is 18.2 Å². The average molecular weight is 423 g/mol. The van der Waals surface area contributed by atoms with Gasteiger partial charge < -0.3 is 20.1 Å². The molecule has 2 aromatic carbocycles. The van der Waals surface area contributed by atoms with E-state index >= 15 is 0 Å². The number of rotatable bonds is 5. The first-order chi connectivity index (χ1) is 14.8. The first-order valence-corrected chi connectivity index (χ1v) is 9.10. The number of aromatic hydroxyl groups is 1. The highest BCUT2D eigenvalue weighted by molar-refractivity contribution is 6.03. The van der Waals surface area contributed by atoms with E-state index in [1.54, 1.807) is 22.8 Å². The highest BCUT2D eigenvalue weighted by Crippen LogP contribution is 2.36. The summed E-state index contributed by atoms with van der Waals surface area (Å²) in [6.45, 7) is -0.630. The third-order valence-corrected chi connectivity index (χ3v) is 4.67. The molecule has 0 fully saturated rings. The third-order valence-electron chi connectivity index (χ3n) is 4.67. The van der Waals surface area contributed by atoms with Crippen molar-refractivity contribution < 1.29 is 28.6 Å². The summed E-state index contributed by atoms with van der Waals surface area (Å²) in [7, 11) is 0. The highest BCUT2D eigenvalue weighted by Gasteiger charge is 2.21. The molecule has 2 aromatic heterocycles. The third kappa shape index (κ3) is 3.80. The van der Waals surface area contributed by atoms with Crippen molar-refractivity contribution in [1.82, 2.24) is 14.9 Å². The molecule has 4 rings (SSSR count). The molecule has 0 saturated carbocycles. The number of amides is 1. The molecule has 156 valence electrons. The molecule has 0 aliphatic rings. The lowest BCUT2D eigenvalue weighted by atomic mass is 10.1. The van der Waals surface area contributed by atoms with E-state index in [9.17, 15) is 23.5 Å². The second-order valence-corrected chi connectivity index (χ2v) is 6.68. The Hall–Kier alpha value is -4.27. The Balaban J connectivity index is 1.92. The van der Waals surface area contributed by atoms with Crippen LogP contribution in [0.15, 0.2) is 60.8 Å². The lowest BCUT2D eigenvalue weighted by Crippen LogP contribution is -2.29. The minimum Gasteiger partial charge on any atom is -0.505 e. The predicted molar refractivity (Wildman–Crippen MR) is 108 cm³/mol. The minimum atomic E-state index is -1.24. The number of nitrogens with one attached hydrogen (secondary N) is 1. The van der Waals surface area contributed by atoms with Gasteiger partial charge >= 0.3 is 5.97 Å². The fourth-order valence-electron chi connectivity index (χ4n) is 3.26. The van der Waals surface area contributed by atoms with E-state index in [1.807, 2.05) is 0 Å². The van der Waals surface area contributed by atoms with E-state index in [1.165, 1.54) is 42.6 Å². The van der Waals surface area contributed by atoms with Crippen molar-refractivity contribution in [3.63, 3.8) is 0 Å². The zero-order valence-corrected chi connectivity index (χ0v) is 15.8. The number of pyridine rings is 1. The van der Waals surface area contributed by atoms with Gasteiger partial charge in [0.25, 0.3) is 5.91 Å². The van der Waals surface area contributed by atoms with Crippen LogP contribution in [-0.2, 0) is 4.79 Å². The van der Waals surface area contributed by atoms with Gasteiger partial charge in [0.05, 0.1) is 17.4 Å². The summed E-state index contributed by atoms with van der Waals surface area (Å²) < 4.78 is 28.6. The number of aliphatic carboxylic acids is 1. The molecule has 1 amide bonds. The monoisotopic (exact) mass is 423 g/mol. The molecule has 0 aliphatic heterocycles. The smallest absolute Gasteiger partial charge is 0.322 e. The van der Waals surface area contributed by atoms with Crippen molar-refractivity contribution in [1.29, 1.82) is 0 Å². The Labute approximate surface area is 174 Å². The van der Waals surface area contributed by atoms with Gasteiger partial charge in [-0.25, -0.2) is 13.8 Å². The van der Waals surface area contributed by atoms with Crippen LogP contribution in [-0.4, -0.2) is 38.2 Å². The quantitative estimate of drug-likeness (QED) is 0.456. The molecule has 0 saturated heterocycles. The molecule has 0 bridgehead atoms. The van der Waals surface area contributed by atoms with Crippen LogP contribution < -0.4 is 5.32 Å². The Morgan fingerprint density at radius 3 is 2.23 bits per heavy atom. The summed E-state index contributed by atoms with van der Waals surface area (Å²) in [6.07, 6.45) is 1.35. The first-order valence-electron chi connectivity index (χ1n) is 9.10. The molecule has 7 nitrogen and oxygen atoms in total. The fourth-order valence-corrected chi connectivity index (χ4v) is 3.26. The predicted octanol–water partition coefficient (Wildman–Crippen LogP) is 3.49. The molecule has 0 spiro atoms. The fraction of sp³-hybridized carbons (Fsp3) is 0.0455. The standard InChI is InChI=1S/C22H15F2N3O4/c23-13-3-1-12(2-4-13)17-9-16-18(27(17)15-7-5-14(24)6-8-15)10-25-20(21(16)30)22(31)26-11-19(28)29/h1-10,30H,11H2,(H,26,31)(H,28,29). The minimum absolute atomic E-state index is 0.263. The van der Waals surface area contributed by atoms with E-state index in [0.717, 1.165) is 0 Å². The van der Waals surface area contributed by atoms with Crippen molar-refractivity contribution in [2.45, 2.75) is 0 Å². The second kappa shape index (κ2) is 7.86. The zero-order chi connectivity index (χ0) is 22.1. The molecule has 4 aromatic rings. The largest absolute Gasteiger partial charge is 0.505 e. The van der Waals surface area contributed by atoms with Gasteiger partial charge in [0.2, 0.25) is 0 Å². The molecule has 9 heteroatoms. The van der Waals surface area contributed by atoms with Crippen molar-refractivity contribution in [2.75, 3.05) is 6.54 Å². The van der Waals surface area contributed by atoms with Gasteiger partial charge in [-0.05, 0) is 60.2 Å². The molecule has 2 heterocycles. The number of aromatic nitrogens is 2. The average Bonchev–Trinajstić information content (AvgIpc) is 3.14. The summed E-state index contributed by atoms with van der Waals surface area (Å²) in [5.74, 6) is -3.38. The van der Waals surface area contributed by atoms with E-state index in [2.05, 4.69) is 10.3 Å². The normalized spacial score (nSPS) is 10.9. The number of carbonyl (C=O) groups excluding carboxylic acids is 1. The lowest BCUT2D eigenvalue weighted by molar-refractivity contribution is -0.135. The number of carboxylic acid groups (broad SMARTS) is 1. The van der Waals surface area contributed by atoms with E-state index < -0.39 is 35.8 Å². The second-order valence-electron chi connectivity index (χ2n) is 6.68. The van der Waals surface area contributed by atoms with E-state index in [4.69, 9.17) is 5.11 Å². The maximum absolute atomic E-state index is 13.5. The van der Waals surface area contributed by atoms with Crippen molar-refractivity contribution in [3.8, 4) is 22.7 Å². The Kier molecular flexibility index (Phi) is 5.08. The number of carboxylic acids is 1. The summed E-state index contributed by atoms with van der Waals surface area (Å²) in [4.78, 5) is 26.9. The van der Waals surface area contributed by atoms with Crippen LogP contribution in [0.2, 0.25) is 0 Å². The van der Waals surface area contributed by atoms with Gasteiger partial charge in [-0.3, -0.25) is 9.59 Å². The van der Waals surface area contributed by atoms with Crippen molar-refractivity contribution in [3.05, 3.63) is 78.1 Å². The zero-order valence-electron chi connectivity index (χ0n) is 15.8. The Bertz CT molecular complexity index is 1300. The number of carbonyl (C=O) groups is 2. The van der Waals surface area contributed by atoms with Crippen LogP contribution in [0.1, 0.15) is 10.5 Å². The maximum Gasteiger partial charge on any atom is 0.322 e. The van der Waals surface area contributed by atoms with Crippen molar-refractivity contribution >= 4 is 22.8 Å². The lowest BCUT2D eigenvalue weighted by Gasteiger charge is -2.12. The van der Waals surface area contributed by atoms with Crippen molar-refractivity contribution in [2.24, 2.45) is 0 Å². The number of halogens is 2. The van der Waals surface area contributed by atoms with Crippen LogP contribution in [0.4, 0.5) is 8.78 Å². The number of fused-ring (bicyclic) bond motifs is 1. The number of nitrogens with zero attached hydrogens (tertiary/aromatic N) is 2. The van der Waals surface area contributed by atoms with Crippen LogP contribution in [0.3, 0.4) is 0 Å². The summed E-state index contributed by atoms with van der Waals surface area (Å²) in [5.41, 5.74) is 1.79. The van der Waals surface area contributed by atoms with E-state index in [0.29, 0.717) is 22.5 Å². The van der Waals surface area contributed by atoms with Crippen LogP contribution in [0.25, 0.3) is 27.8 Å². The molecular formula is C22H15F2N3O4. The van der Waals surface area contributed by atoms with Gasteiger partial charge in [-0.15, -0.1) is 0 Å². The van der Waals surface area contributed by atoms with Gasteiger partial charge in [0, 0.05) is 11.1 Å².